The van der Waals surface area contributed by atoms with Gasteiger partial charge in [0.05, 0.1) is 22.6 Å². The molecule has 0 aromatic heterocycles. The summed E-state index contributed by atoms with van der Waals surface area (Å²) in [7, 11) is 0. The Morgan fingerprint density at radius 1 is 1.59 bits per heavy atom. The first-order chi connectivity index (χ1) is 10.3. The molecule has 2 rings (SSSR count). The number of benzene rings is 1. The highest BCUT2D eigenvalue weighted by molar-refractivity contribution is 6.17. The minimum Gasteiger partial charge on any atom is -0.367 e. The van der Waals surface area contributed by atoms with E-state index in [2.05, 4.69) is 5.32 Å². The number of alkyl halides is 1. The SMILES string of the molecule is CC(=O)NC1CCN(c2c(F)cc([N+](=O)[O-])c(F)c2CCl)C1. The quantitative estimate of drug-likeness (QED) is 0.521. The average molecular weight is 334 g/mol. The second kappa shape index (κ2) is 6.43. The van der Waals surface area contributed by atoms with Gasteiger partial charge in [0.25, 0.3) is 0 Å². The minimum absolute atomic E-state index is 0.0778. The molecule has 9 heteroatoms. The van der Waals surface area contributed by atoms with Gasteiger partial charge in [-0.2, -0.15) is 4.39 Å². The van der Waals surface area contributed by atoms with Gasteiger partial charge in [0.15, 0.2) is 5.82 Å². The number of nitrogens with one attached hydrogen (secondary N) is 1. The summed E-state index contributed by atoms with van der Waals surface area (Å²) >= 11 is 5.66. The Hall–Kier alpha value is -1.96. The third-order valence-corrected chi connectivity index (χ3v) is 3.77. The van der Waals surface area contributed by atoms with Gasteiger partial charge in [0.1, 0.15) is 0 Å². The molecule has 0 spiro atoms. The molecule has 6 nitrogen and oxygen atoms in total. The van der Waals surface area contributed by atoms with Gasteiger partial charge in [0.2, 0.25) is 11.7 Å². The van der Waals surface area contributed by atoms with Crippen LogP contribution in [0.1, 0.15) is 18.9 Å². The molecule has 1 N–H and O–H groups in total. The third kappa shape index (κ3) is 3.11. The number of anilines is 1. The van der Waals surface area contributed by atoms with Crippen molar-refractivity contribution in [2.45, 2.75) is 25.3 Å². The summed E-state index contributed by atoms with van der Waals surface area (Å²) in [4.78, 5) is 22.3. The van der Waals surface area contributed by atoms with Crippen LogP contribution in [0.15, 0.2) is 6.07 Å². The molecule has 1 fully saturated rings. The summed E-state index contributed by atoms with van der Waals surface area (Å²) in [6, 6.07) is 0.380. The Balaban J connectivity index is 2.38. The Morgan fingerprint density at radius 3 is 2.82 bits per heavy atom. The molecular formula is C13H14ClF2N3O3. The fourth-order valence-electron chi connectivity index (χ4n) is 2.62. The van der Waals surface area contributed by atoms with Crippen LogP contribution in [0, 0.1) is 21.7 Å². The number of nitrogens with zero attached hydrogens (tertiary/aromatic N) is 2. The molecule has 0 aliphatic carbocycles. The molecule has 0 radical (unpaired) electrons. The summed E-state index contributed by atoms with van der Waals surface area (Å²) < 4.78 is 28.4. The summed E-state index contributed by atoms with van der Waals surface area (Å²) in [5.41, 5.74) is -1.25. The lowest BCUT2D eigenvalue weighted by Gasteiger charge is -2.22. The molecule has 0 saturated carbocycles. The average Bonchev–Trinajstić information content (AvgIpc) is 2.87. The predicted molar refractivity (Wildman–Crippen MR) is 77.0 cm³/mol. The van der Waals surface area contributed by atoms with Crippen LogP contribution in [0.5, 0.6) is 0 Å². The summed E-state index contributed by atoms with van der Waals surface area (Å²) in [6.45, 7) is 2.06. The Labute approximate surface area is 130 Å². The van der Waals surface area contributed by atoms with Crippen molar-refractivity contribution in [3.63, 3.8) is 0 Å². The fraction of sp³-hybridized carbons (Fsp3) is 0.462. The second-order valence-corrected chi connectivity index (χ2v) is 5.31. The normalized spacial score (nSPS) is 17.6. The Kier molecular flexibility index (Phi) is 4.80. The minimum atomic E-state index is -1.13. The summed E-state index contributed by atoms with van der Waals surface area (Å²) in [5.74, 6) is -2.62. The number of halogens is 3. The monoisotopic (exact) mass is 333 g/mol. The van der Waals surface area contributed by atoms with Gasteiger partial charge in [-0.3, -0.25) is 14.9 Å². The van der Waals surface area contributed by atoms with Gasteiger partial charge in [-0.05, 0) is 6.42 Å². The zero-order valence-corrected chi connectivity index (χ0v) is 12.5. The van der Waals surface area contributed by atoms with Crippen LogP contribution in [0.2, 0.25) is 0 Å². The van der Waals surface area contributed by atoms with E-state index in [-0.39, 0.29) is 35.6 Å². The largest absolute Gasteiger partial charge is 0.367 e. The first kappa shape index (κ1) is 16.4. The molecule has 1 unspecified atom stereocenters. The van der Waals surface area contributed by atoms with Crippen LogP contribution in [0.3, 0.4) is 0 Å². The van der Waals surface area contributed by atoms with Crippen molar-refractivity contribution in [3.05, 3.63) is 33.4 Å². The van der Waals surface area contributed by atoms with Crippen LogP contribution < -0.4 is 10.2 Å². The van der Waals surface area contributed by atoms with Crippen LogP contribution >= 0.6 is 11.6 Å². The number of carbonyl (C=O) groups is 1. The second-order valence-electron chi connectivity index (χ2n) is 5.04. The van der Waals surface area contributed by atoms with E-state index in [0.29, 0.717) is 19.0 Å². The van der Waals surface area contributed by atoms with Crippen molar-refractivity contribution in [2.24, 2.45) is 0 Å². The maximum absolute atomic E-state index is 14.2. The number of nitro benzene ring substituents is 1. The molecule has 120 valence electrons. The van der Waals surface area contributed by atoms with Crippen molar-refractivity contribution < 1.29 is 18.5 Å². The zero-order valence-electron chi connectivity index (χ0n) is 11.7. The van der Waals surface area contributed by atoms with Gasteiger partial charge < -0.3 is 10.2 Å². The number of rotatable bonds is 4. The van der Waals surface area contributed by atoms with Gasteiger partial charge >= 0.3 is 5.69 Å². The van der Waals surface area contributed by atoms with E-state index in [1.54, 1.807) is 4.90 Å². The van der Waals surface area contributed by atoms with Crippen LogP contribution in [-0.2, 0) is 10.7 Å². The zero-order chi connectivity index (χ0) is 16.4. The number of carbonyl (C=O) groups excluding carboxylic acids is 1. The first-order valence-electron chi connectivity index (χ1n) is 6.58. The maximum Gasteiger partial charge on any atom is 0.308 e. The molecule has 1 aliphatic heterocycles. The molecule has 1 aromatic carbocycles. The van der Waals surface area contributed by atoms with Crippen LogP contribution in [-0.4, -0.2) is 30.0 Å². The van der Waals surface area contributed by atoms with E-state index in [4.69, 9.17) is 11.6 Å². The lowest BCUT2D eigenvalue weighted by atomic mass is 10.1. The highest BCUT2D eigenvalue weighted by Crippen LogP contribution is 2.35. The van der Waals surface area contributed by atoms with Gasteiger partial charge in [-0.15, -0.1) is 11.6 Å². The Bertz CT molecular complexity index is 627. The number of hydrogen-bond acceptors (Lipinski definition) is 4. The molecule has 22 heavy (non-hydrogen) atoms. The van der Waals surface area contributed by atoms with Gasteiger partial charge in [0, 0.05) is 31.6 Å². The smallest absolute Gasteiger partial charge is 0.308 e. The van der Waals surface area contributed by atoms with E-state index >= 15 is 0 Å². The van der Waals surface area contributed by atoms with Crippen molar-refractivity contribution >= 4 is 28.9 Å². The molecule has 1 saturated heterocycles. The van der Waals surface area contributed by atoms with E-state index in [9.17, 15) is 23.7 Å². The van der Waals surface area contributed by atoms with Crippen LogP contribution in [0.25, 0.3) is 0 Å². The third-order valence-electron chi connectivity index (χ3n) is 3.51. The van der Waals surface area contributed by atoms with Crippen molar-refractivity contribution in [1.29, 1.82) is 0 Å². The predicted octanol–water partition coefficient (Wildman–Crippen LogP) is 2.33. The van der Waals surface area contributed by atoms with Gasteiger partial charge in [-0.25, -0.2) is 4.39 Å². The number of nitro groups is 1. The number of hydrogen-bond donors (Lipinski definition) is 1. The van der Waals surface area contributed by atoms with E-state index in [0.717, 1.165) is 0 Å². The first-order valence-corrected chi connectivity index (χ1v) is 7.11. The van der Waals surface area contributed by atoms with E-state index in [1.807, 2.05) is 0 Å². The topological polar surface area (TPSA) is 75.5 Å². The van der Waals surface area contributed by atoms with E-state index in [1.165, 1.54) is 6.92 Å². The molecule has 1 aliphatic rings. The highest BCUT2D eigenvalue weighted by Gasteiger charge is 2.31. The van der Waals surface area contributed by atoms with Crippen molar-refractivity contribution in [1.82, 2.24) is 5.32 Å². The fourth-order valence-corrected chi connectivity index (χ4v) is 2.86. The van der Waals surface area contributed by atoms with Gasteiger partial charge in [-0.1, -0.05) is 0 Å². The standard InChI is InChI=1S/C13H14ClF2N3O3/c1-7(20)17-8-2-3-18(6-8)13-9(5-14)12(16)11(19(21)22)4-10(13)15/h4,8H,2-3,5-6H2,1H3,(H,17,20). The molecule has 0 bridgehead atoms. The van der Waals surface area contributed by atoms with E-state index < -0.39 is 22.2 Å². The molecule has 1 heterocycles. The number of amides is 1. The Morgan fingerprint density at radius 2 is 2.27 bits per heavy atom. The van der Waals surface area contributed by atoms with Crippen molar-refractivity contribution in [2.75, 3.05) is 18.0 Å². The summed E-state index contributed by atoms with van der Waals surface area (Å²) in [5, 5.41) is 13.4. The van der Waals surface area contributed by atoms with Crippen LogP contribution in [0.4, 0.5) is 20.2 Å². The highest BCUT2D eigenvalue weighted by atomic mass is 35.5. The lowest BCUT2D eigenvalue weighted by molar-refractivity contribution is -0.387. The molecular weight excluding hydrogens is 320 g/mol. The summed E-state index contributed by atoms with van der Waals surface area (Å²) in [6.07, 6.45) is 0.569. The lowest BCUT2D eigenvalue weighted by Crippen LogP contribution is -2.36. The maximum atomic E-state index is 14.2. The molecule has 1 atom stereocenters. The molecule has 1 amide bonds. The molecule has 1 aromatic rings. The van der Waals surface area contributed by atoms with Crippen molar-refractivity contribution in [3.8, 4) is 0 Å².